The van der Waals surface area contributed by atoms with Crippen LogP contribution in [-0.4, -0.2) is 22.9 Å². The van der Waals surface area contributed by atoms with Gasteiger partial charge in [0.05, 0.1) is 17.0 Å². The predicted molar refractivity (Wildman–Crippen MR) is 78.4 cm³/mol. The first-order chi connectivity index (χ1) is 9.61. The summed E-state index contributed by atoms with van der Waals surface area (Å²) >= 11 is 0. The van der Waals surface area contributed by atoms with Crippen LogP contribution in [0.2, 0.25) is 0 Å². The number of amides is 1. The van der Waals surface area contributed by atoms with E-state index in [0.717, 1.165) is 6.42 Å². The first-order valence-electron chi connectivity index (χ1n) is 6.51. The lowest BCUT2D eigenvalue weighted by Gasteiger charge is -2.11. The van der Waals surface area contributed by atoms with E-state index in [9.17, 15) is 4.79 Å². The fourth-order valence-electron chi connectivity index (χ4n) is 2.16. The van der Waals surface area contributed by atoms with Crippen molar-refractivity contribution in [1.29, 1.82) is 0 Å². The summed E-state index contributed by atoms with van der Waals surface area (Å²) in [6.07, 6.45) is 1.46. The third-order valence-electron chi connectivity index (χ3n) is 3.13. The molecule has 1 heterocycles. The zero-order chi connectivity index (χ0) is 14.5. The van der Waals surface area contributed by atoms with Gasteiger partial charge in [0.2, 0.25) is 5.95 Å². The molecule has 0 radical (unpaired) electrons. The molecule has 1 aromatic carbocycles. The number of nitrogen functional groups attached to an aromatic ring is 1. The number of aromatic nitrogens is 2. The summed E-state index contributed by atoms with van der Waals surface area (Å²) in [5, 5.41) is 2.62. The second-order valence-electron chi connectivity index (χ2n) is 4.55. The Morgan fingerprint density at radius 3 is 2.55 bits per heavy atom. The van der Waals surface area contributed by atoms with Crippen molar-refractivity contribution in [2.45, 2.75) is 19.8 Å². The fraction of sp³-hybridized carbons (Fsp3) is 0.267. The normalized spacial score (nSPS) is 10.3. The van der Waals surface area contributed by atoms with Gasteiger partial charge in [-0.05, 0) is 25.3 Å². The van der Waals surface area contributed by atoms with Crippen molar-refractivity contribution in [3.05, 3.63) is 52.8 Å². The topological polar surface area (TPSA) is 80.9 Å². The van der Waals surface area contributed by atoms with Crippen LogP contribution in [0, 0.1) is 6.92 Å². The van der Waals surface area contributed by atoms with Crippen LogP contribution in [-0.2, 0) is 12.8 Å². The molecule has 104 valence electrons. The molecule has 1 aromatic heterocycles. The number of benzene rings is 1. The molecule has 0 saturated heterocycles. The standard InChI is InChI=1S/C15H18N4O/c1-10-13(14(20)17-2)12(19-15(16)18-10)9-8-11-6-4-3-5-7-11/h3-7H,8-9H2,1-2H3,(H,17,20)(H2,16,18,19). The highest BCUT2D eigenvalue weighted by molar-refractivity contribution is 5.96. The average molecular weight is 270 g/mol. The number of rotatable bonds is 4. The zero-order valence-electron chi connectivity index (χ0n) is 11.7. The number of hydrogen-bond acceptors (Lipinski definition) is 4. The molecular weight excluding hydrogens is 252 g/mol. The Labute approximate surface area is 118 Å². The van der Waals surface area contributed by atoms with E-state index >= 15 is 0 Å². The summed E-state index contributed by atoms with van der Waals surface area (Å²) in [7, 11) is 1.60. The minimum absolute atomic E-state index is 0.175. The summed E-state index contributed by atoms with van der Waals surface area (Å²) < 4.78 is 0. The van der Waals surface area contributed by atoms with Gasteiger partial charge in [0.1, 0.15) is 0 Å². The largest absolute Gasteiger partial charge is 0.368 e. The maximum Gasteiger partial charge on any atom is 0.254 e. The molecule has 0 saturated carbocycles. The van der Waals surface area contributed by atoms with Crippen LogP contribution in [0.15, 0.2) is 30.3 Å². The molecule has 2 aromatic rings. The van der Waals surface area contributed by atoms with E-state index in [4.69, 9.17) is 5.73 Å². The molecule has 0 aliphatic carbocycles. The van der Waals surface area contributed by atoms with Crippen molar-refractivity contribution in [2.75, 3.05) is 12.8 Å². The van der Waals surface area contributed by atoms with Crippen LogP contribution < -0.4 is 11.1 Å². The molecule has 5 nitrogen and oxygen atoms in total. The average Bonchev–Trinajstić information content (AvgIpc) is 2.45. The second kappa shape index (κ2) is 6.14. The molecule has 0 aliphatic heterocycles. The zero-order valence-corrected chi connectivity index (χ0v) is 11.7. The highest BCUT2D eigenvalue weighted by atomic mass is 16.1. The lowest BCUT2D eigenvalue weighted by molar-refractivity contribution is 0.0960. The predicted octanol–water partition coefficient (Wildman–Crippen LogP) is 1.51. The van der Waals surface area contributed by atoms with Crippen LogP contribution in [0.5, 0.6) is 0 Å². The summed E-state index contributed by atoms with van der Waals surface area (Å²) in [6.45, 7) is 1.77. The number of carbonyl (C=O) groups is 1. The van der Waals surface area contributed by atoms with Crippen LogP contribution in [0.25, 0.3) is 0 Å². The van der Waals surface area contributed by atoms with E-state index in [2.05, 4.69) is 27.4 Å². The third-order valence-corrected chi connectivity index (χ3v) is 3.13. The summed E-state index contributed by atoms with van der Waals surface area (Å²) in [4.78, 5) is 20.2. The van der Waals surface area contributed by atoms with E-state index in [0.29, 0.717) is 23.4 Å². The van der Waals surface area contributed by atoms with Gasteiger partial charge in [0.25, 0.3) is 5.91 Å². The lowest BCUT2D eigenvalue weighted by Crippen LogP contribution is -2.23. The Morgan fingerprint density at radius 1 is 1.20 bits per heavy atom. The number of carbonyl (C=O) groups excluding carboxylic acids is 1. The van der Waals surface area contributed by atoms with Gasteiger partial charge >= 0.3 is 0 Å². The Morgan fingerprint density at radius 2 is 1.90 bits per heavy atom. The first-order valence-corrected chi connectivity index (χ1v) is 6.51. The lowest BCUT2D eigenvalue weighted by atomic mass is 10.0. The number of nitrogens with one attached hydrogen (secondary N) is 1. The summed E-state index contributed by atoms with van der Waals surface area (Å²) in [5.41, 5.74) is 8.71. The highest BCUT2D eigenvalue weighted by Crippen LogP contribution is 2.15. The van der Waals surface area contributed by atoms with Gasteiger partial charge in [-0.25, -0.2) is 9.97 Å². The molecule has 0 bridgehead atoms. The molecular formula is C15H18N4O. The smallest absolute Gasteiger partial charge is 0.254 e. The Hall–Kier alpha value is -2.43. The molecule has 0 fully saturated rings. The number of nitrogens with zero attached hydrogens (tertiary/aromatic N) is 2. The Bertz CT molecular complexity index is 611. The molecule has 0 atom stereocenters. The number of anilines is 1. The van der Waals surface area contributed by atoms with Gasteiger partial charge in [0, 0.05) is 7.05 Å². The van der Waals surface area contributed by atoms with Gasteiger partial charge in [-0.2, -0.15) is 0 Å². The van der Waals surface area contributed by atoms with Crippen molar-refractivity contribution in [3.8, 4) is 0 Å². The van der Waals surface area contributed by atoms with Gasteiger partial charge < -0.3 is 11.1 Å². The first kappa shape index (κ1) is 14.0. The van der Waals surface area contributed by atoms with Crippen LogP contribution in [0.1, 0.15) is 27.3 Å². The highest BCUT2D eigenvalue weighted by Gasteiger charge is 2.16. The van der Waals surface area contributed by atoms with Crippen LogP contribution in [0.4, 0.5) is 5.95 Å². The second-order valence-corrected chi connectivity index (χ2v) is 4.55. The van der Waals surface area contributed by atoms with Crippen molar-refractivity contribution in [3.63, 3.8) is 0 Å². The maximum absolute atomic E-state index is 11.9. The van der Waals surface area contributed by atoms with Crippen molar-refractivity contribution in [1.82, 2.24) is 15.3 Å². The summed E-state index contributed by atoms with van der Waals surface area (Å²) in [6, 6.07) is 10.1. The monoisotopic (exact) mass is 270 g/mol. The molecule has 0 unspecified atom stereocenters. The van der Waals surface area contributed by atoms with Gasteiger partial charge in [-0.3, -0.25) is 4.79 Å². The van der Waals surface area contributed by atoms with E-state index in [-0.39, 0.29) is 11.9 Å². The SMILES string of the molecule is CNC(=O)c1c(C)nc(N)nc1CCc1ccccc1. The van der Waals surface area contributed by atoms with Crippen molar-refractivity contribution < 1.29 is 4.79 Å². The number of aryl methyl sites for hydroxylation is 3. The summed E-state index contributed by atoms with van der Waals surface area (Å²) in [5.74, 6) is 0.0313. The van der Waals surface area contributed by atoms with Crippen molar-refractivity contribution >= 4 is 11.9 Å². The number of nitrogens with two attached hydrogens (primary N) is 1. The minimum Gasteiger partial charge on any atom is -0.368 e. The molecule has 5 heteroatoms. The molecule has 0 spiro atoms. The van der Waals surface area contributed by atoms with E-state index in [1.807, 2.05) is 18.2 Å². The van der Waals surface area contributed by atoms with Crippen LogP contribution in [0.3, 0.4) is 0 Å². The van der Waals surface area contributed by atoms with Crippen molar-refractivity contribution in [2.24, 2.45) is 0 Å². The van der Waals surface area contributed by atoms with Crippen LogP contribution >= 0.6 is 0 Å². The molecule has 1 amide bonds. The fourth-order valence-corrected chi connectivity index (χ4v) is 2.16. The third kappa shape index (κ3) is 3.12. The molecule has 0 aliphatic rings. The molecule has 2 rings (SSSR count). The Balaban J connectivity index is 2.28. The van der Waals surface area contributed by atoms with E-state index < -0.39 is 0 Å². The Kier molecular flexibility index (Phi) is 4.30. The van der Waals surface area contributed by atoms with E-state index in [1.54, 1.807) is 14.0 Å². The van der Waals surface area contributed by atoms with Gasteiger partial charge in [-0.1, -0.05) is 30.3 Å². The molecule has 20 heavy (non-hydrogen) atoms. The van der Waals surface area contributed by atoms with Gasteiger partial charge in [-0.15, -0.1) is 0 Å². The quantitative estimate of drug-likeness (QED) is 0.882. The molecule has 3 N–H and O–H groups in total. The van der Waals surface area contributed by atoms with E-state index in [1.165, 1.54) is 5.56 Å². The minimum atomic E-state index is -0.175. The maximum atomic E-state index is 11.9. The number of hydrogen-bond donors (Lipinski definition) is 2. The van der Waals surface area contributed by atoms with Gasteiger partial charge in [0.15, 0.2) is 0 Å².